The molecule has 0 bridgehead atoms. The number of piperazine rings is 1. The second kappa shape index (κ2) is 5.01. The Morgan fingerprint density at radius 2 is 2.20 bits per heavy atom. The summed E-state index contributed by atoms with van der Waals surface area (Å²) in [6.45, 7) is 7.77. The third-order valence-corrected chi connectivity index (χ3v) is 3.62. The van der Waals surface area contributed by atoms with Crippen molar-refractivity contribution in [2.45, 2.75) is 45.2 Å². The average molecular weight is 206 g/mol. The first-order chi connectivity index (χ1) is 7.31. The summed E-state index contributed by atoms with van der Waals surface area (Å²) in [6.07, 6.45) is 3.90. The molecule has 2 atom stereocenters. The number of nitrogens with one attached hydrogen (secondary N) is 1. The number of rotatable bonds is 3. The van der Waals surface area contributed by atoms with Crippen LogP contribution in [0.1, 0.15) is 33.1 Å². The Hall–Kier alpha value is -0.520. The maximum atomic E-state index is 3.67. The van der Waals surface area contributed by atoms with Crippen molar-refractivity contribution in [2.24, 2.45) is 5.92 Å². The highest BCUT2D eigenvalue weighted by Gasteiger charge is 2.35. The van der Waals surface area contributed by atoms with Crippen LogP contribution in [0.25, 0.3) is 0 Å². The standard InChI is InChI=1S/C13H22N2/c1-3-4-5-8-15-10-13(12-6-7-12)14-9-11(15)2/h11-14H,5-10H2,1-2H3. The van der Waals surface area contributed by atoms with Crippen molar-refractivity contribution in [2.75, 3.05) is 19.6 Å². The Labute approximate surface area is 93.4 Å². The summed E-state index contributed by atoms with van der Waals surface area (Å²) in [6, 6.07) is 1.44. The van der Waals surface area contributed by atoms with Crippen LogP contribution in [0, 0.1) is 17.8 Å². The minimum absolute atomic E-state index is 0.679. The summed E-state index contributed by atoms with van der Waals surface area (Å²) in [4.78, 5) is 2.60. The summed E-state index contributed by atoms with van der Waals surface area (Å²) in [5.41, 5.74) is 0. The maximum Gasteiger partial charge on any atom is 0.0224 e. The monoisotopic (exact) mass is 206 g/mol. The normalized spacial score (nSPS) is 32.1. The van der Waals surface area contributed by atoms with Crippen LogP contribution in [-0.2, 0) is 0 Å². The van der Waals surface area contributed by atoms with Gasteiger partial charge in [-0.15, -0.1) is 11.8 Å². The second-order valence-electron chi connectivity index (χ2n) is 4.87. The molecule has 0 spiro atoms. The first kappa shape index (κ1) is 11.0. The van der Waals surface area contributed by atoms with Gasteiger partial charge >= 0.3 is 0 Å². The Morgan fingerprint density at radius 3 is 2.87 bits per heavy atom. The van der Waals surface area contributed by atoms with E-state index in [-0.39, 0.29) is 0 Å². The zero-order valence-electron chi connectivity index (χ0n) is 9.92. The molecule has 1 saturated carbocycles. The SMILES string of the molecule is CC#CCCN1CC(C2CC2)NCC1C. The van der Waals surface area contributed by atoms with Crippen LogP contribution in [0.15, 0.2) is 0 Å². The molecule has 2 fully saturated rings. The quantitative estimate of drug-likeness (QED) is 0.704. The summed E-state index contributed by atoms with van der Waals surface area (Å²) in [7, 11) is 0. The fourth-order valence-corrected chi connectivity index (χ4v) is 2.40. The van der Waals surface area contributed by atoms with Crippen molar-refractivity contribution in [3.8, 4) is 11.8 Å². The topological polar surface area (TPSA) is 15.3 Å². The van der Waals surface area contributed by atoms with Crippen molar-refractivity contribution in [1.29, 1.82) is 0 Å². The molecule has 0 radical (unpaired) electrons. The molecular weight excluding hydrogens is 184 g/mol. The maximum absolute atomic E-state index is 3.67. The largest absolute Gasteiger partial charge is 0.311 e. The molecule has 2 aliphatic rings. The van der Waals surface area contributed by atoms with Crippen molar-refractivity contribution < 1.29 is 0 Å². The van der Waals surface area contributed by atoms with E-state index in [1.165, 1.54) is 19.4 Å². The summed E-state index contributed by atoms with van der Waals surface area (Å²) < 4.78 is 0. The first-order valence-corrected chi connectivity index (χ1v) is 6.18. The van der Waals surface area contributed by atoms with E-state index in [0.717, 1.165) is 31.5 Å². The number of nitrogens with zero attached hydrogens (tertiary/aromatic N) is 1. The van der Waals surface area contributed by atoms with Gasteiger partial charge < -0.3 is 5.32 Å². The van der Waals surface area contributed by atoms with Gasteiger partial charge in [0.1, 0.15) is 0 Å². The second-order valence-corrected chi connectivity index (χ2v) is 4.87. The smallest absolute Gasteiger partial charge is 0.0224 e. The Balaban J connectivity index is 1.80. The zero-order valence-corrected chi connectivity index (χ0v) is 9.92. The van der Waals surface area contributed by atoms with E-state index >= 15 is 0 Å². The molecular formula is C13H22N2. The van der Waals surface area contributed by atoms with Gasteiger partial charge in [0.05, 0.1) is 0 Å². The molecule has 2 rings (SSSR count). The number of hydrogen-bond donors (Lipinski definition) is 1. The molecule has 0 aromatic rings. The lowest BCUT2D eigenvalue weighted by atomic mass is 10.1. The van der Waals surface area contributed by atoms with Crippen molar-refractivity contribution in [1.82, 2.24) is 10.2 Å². The van der Waals surface area contributed by atoms with Crippen molar-refractivity contribution in [3.63, 3.8) is 0 Å². The Morgan fingerprint density at radius 1 is 1.40 bits per heavy atom. The molecule has 1 aliphatic heterocycles. The third kappa shape index (κ3) is 2.96. The van der Waals surface area contributed by atoms with Gasteiger partial charge in [-0.1, -0.05) is 0 Å². The Bertz CT molecular complexity index is 259. The summed E-state index contributed by atoms with van der Waals surface area (Å²) in [5, 5.41) is 3.67. The molecule has 1 heterocycles. The van der Waals surface area contributed by atoms with Gasteiger partial charge in [-0.2, -0.15) is 0 Å². The van der Waals surface area contributed by atoms with Crippen molar-refractivity contribution in [3.05, 3.63) is 0 Å². The summed E-state index contributed by atoms with van der Waals surface area (Å²) >= 11 is 0. The highest BCUT2D eigenvalue weighted by Crippen LogP contribution is 2.34. The van der Waals surface area contributed by atoms with Crippen LogP contribution in [0.4, 0.5) is 0 Å². The molecule has 2 heteroatoms. The van der Waals surface area contributed by atoms with E-state index in [0.29, 0.717) is 6.04 Å². The van der Waals surface area contributed by atoms with E-state index < -0.39 is 0 Å². The lowest BCUT2D eigenvalue weighted by Gasteiger charge is -2.38. The molecule has 1 aliphatic carbocycles. The lowest BCUT2D eigenvalue weighted by molar-refractivity contribution is 0.136. The van der Waals surface area contributed by atoms with Gasteiger partial charge in [-0.3, -0.25) is 4.90 Å². The summed E-state index contributed by atoms with van der Waals surface area (Å²) in [5.74, 6) is 7.11. The fraction of sp³-hybridized carbons (Fsp3) is 0.846. The predicted molar refractivity (Wildman–Crippen MR) is 63.6 cm³/mol. The van der Waals surface area contributed by atoms with E-state index in [2.05, 4.69) is 29.0 Å². The third-order valence-electron chi connectivity index (χ3n) is 3.62. The Kier molecular flexibility index (Phi) is 3.66. The van der Waals surface area contributed by atoms with Crippen LogP contribution in [-0.4, -0.2) is 36.6 Å². The average Bonchev–Trinajstić information content (AvgIpc) is 3.05. The molecule has 2 nitrogen and oxygen atoms in total. The molecule has 84 valence electrons. The molecule has 0 amide bonds. The van der Waals surface area contributed by atoms with Crippen LogP contribution >= 0.6 is 0 Å². The van der Waals surface area contributed by atoms with Crippen LogP contribution in [0.3, 0.4) is 0 Å². The minimum Gasteiger partial charge on any atom is -0.311 e. The van der Waals surface area contributed by atoms with E-state index in [4.69, 9.17) is 0 Å². The molecule has 0 aromatic carbocycles. The lowest BCUT2D eigenvalue weighted by Crippen LogP contribution is -2.56. The fourth-order valence-electron chi connectivity index (χ4n) is 2.40. The van der Waals surface area contributed by atoms with Gasteiger partial charge in [-0.25, -0.2) is 0 Å². The van der Waals surface area contributed by atoms with Gasteiger partial charge in [0.2, 0.25) is 0 Å². The molecule has 15 heavy (non-hydrogen) atoms. The van der Waals surface area contributed by atoms with E-state index in [1.54, 1.807) is 0 Å². The van der Waals surface area contributed by atoms with Crippen molar-refractivity contribution >= 4 is 0 Å². The minimum atomic E-state index is 0.679. The van der Waals surface area contributed by atoms with E-state index in [9.17, 15) is 0 Å². The van der Waals surface area contributed by atoms with E-state index in [1.807, 2.05) is 6.92 Å². The zero-order chi connectivity index (χ0) is 10.7. The van der Waals surface area contributed by atoms with Crippen LogP contribution in [0.2, 0.25) is 0 Å². The van der Waals surface area contributed by atoms with Gasteiger partial charge in [-0.05, 0) is 32.6 Å². The molecule has 1 N–H and O–H groups in total. The van der Waals surface area contributed by atoms with Gasteiger partial charge in [0.15, 0.2) is 0 Å². The first-order valence-electron chi connectivity index (χ1n) is 6.18. The molecule has 0 aromatic heterocycles. The van der Waals surface area contributed by atoms with Crippen LogP contribution < -0.4 is 5.32 Å². The van der Waals surface area contributed by atoms with Crippen LogP contribution in [0.5, 0.6) is 0 Å². The molecule has 2 unspecified atom stereocenters. The number of hydrogen-bond acceptors (Lipinski definition) is 2. The predicted octanol–water partition coefficient (Wildman–Crippen LogP) is 1.47. The molecule has 1 saturated heterocycles. The highest BCUT2D eigenvalue weighted by atomic mass is 15.2. The highest BCUT2D eigenvalue weighted by molar-refractivity contribution is 4.98. The van der Waals surface area contributed by atoms with Gasteiger partial charge in [0.25, 0.3) is 0 Å². The van der Waals surface area contributed by atoms with Gasteiger partial charge in [0, 0.05) is 38.1 Å².